The standard InChI is InChI=1S/C16H22N6O/c1-4-21-7-8-22(10-14(21)15-17-5-6-18-15)16(23)13-9-11(2)19-12(3)20-13/h5-6,9,14H,4,7-8,10H2,1-3H3,(H,17,18)/t14-/m0/s1. The van der Waals surface area contributed by atoms with E-state index in [0.717, 1.165) is 24.6 Å². The molecule has 0 unspecified atom stereocenters. The van der Waals surface area contributed by atoms with Gasteiger partial charge < -0.3 is 9.88 Å². The quantitative estimate of drug-likeness (QED) is 0.925. The summed E-state index contributed by atoms with van der Waals surface area (Å²) in [6.45, 7) is 8.89. The Morgan fingerprint density at radius 3 is 2.83 bits per heavy atom. The van der Waals surface area contributed by atoms with E-state index < -0.39 is 0 Å². The number of carbonyl (C=O) groups is 1. The van der Waals surface area contributed by atoms with Gasteiger partial charge in [0.1, 0.15) is 17.3 Å². The van der Waals surface area contributed by atoms with Gasteiger partial charge in [0.2, 0.25) is 0 Å². The number of nitrogens with one attached hydrogen (secondary N) is 1. The van der Waals surface area contributed by atoms with Crippen LogP contribution in [0.1, 0.15) is 40.8 Å². The first-order valence-electron chi connectivity index (χ1n) is 7.93. The maximum Gasteiger partial charge on any atom is 0.272 e. The summed E-state index contributed by atoms with van der Waals surface area (Å²) in [6.07, 6.45) is 3.57. The minimum absolute atomic E-state index is 0.0362. The van der Waals surface area contributed by atoms with Crippen LogP contribution in [-0.4, -0.2) is 61.8 Å². The summed E-state index contributed by atoms with van der Waals surface area (Å²) in [5, 5.41) is 0. The molecule has 2 aromatic rings. The SMILES string of the molecule is CCN1CCN(C(=O)c2cc(C)nc(C)n2)C[C@H]1c1ncc[nH]1. The van der Waals surface area contributed by atoms with Gasteiger partial charge in [0.15, 0.2) is 0 Å². The van der Waals surface area contributed by atoms with Gasteiger partial charge in [0.05, 0.1) is 6.04 Å². The Labute approximate surface area is 135 Å². The lowest BCUT2D eigenvalue weighted by Gasteiger charge is -2.39. The van der Waals surface area contributed by atoms with Crippen molar-refractivity contribution in [2.45, 2.75) is 26.8 Å². The summed E-state index contributed by atoms with van der Waals surface area (Å²) < 4.78 is 0. The van der Waals surface area contributed by atoms with Gasteiger partial charge in [-0.05, 0) is 26.5 Å². The fraction of sp³-hybridized carbons (Fsp3) is 0.500. The topological polar surface area (TPSA) is 78.0 Å². The number of carbonyl (C=O) groups excluding carboxylic acids is 1. The zero-order valence-corrected chi connectivity index (χ0v) is 13.8. The van der Waals surface area contributed by atoms with Gasteiger partial charge in [0, 0.05) is 37.7 Å². The number of hydrogen-bond donors (Lipinski definition) is 1. The molecule has 0 saturated carbocycles. The molecule has 7 heteroatoms. The molecule has 0 bridgehead atoms. The largest absolute Gasteiger partial charge is 0.347 e. The van der Waals surface area contributed by atoms with Gasteiger partial charge in [-0.3, -0.25) is 9.69 Å². The van der Waals surface area contributed by atoms with Gasteiger partial charge in [-0.15, -0.1) is 0 Å². The molecule has 1 amide bonds. The molecule has 23 heavy (non-hydrogen) atoms. The van der Waals surface area contributed by atoms with Gasteiger partial charge in [-0.25, -0.2) is 15.0 Å². The number of nitrogens with zero attached hydrogens (tertiary/aromatic N) is 5. The Hall–Kier alpha value is -2.28. The van der Waals surface area contributed by atoms with E-state index in [1.807, 2.05) is 24.9 Å². The van der Waals surface area contributed by atoms with Crippen molar-refractivity contribution in [2.24, 2.45) is 0 Å². The van der Waals surface area contributed by atoms with Crippen LogP contribution in [0.2, 0.25) is 0 Å². The molecule has 0 aliphatic carbocycles. The monoisotopic (exact) mass is 314 g/mol. The Bertz CT molecular complexity index is 664. The molecule has 122 valence electrons. The van der Waals surface area contributed by atoms with E-state index in [2.05, 4.69) is 31.8 Å². The van der Waals surface area contributed by atoms with E-state index in [0.29, 0.717) is 24.6 Å². The van der Waals surface area contributed by atoms with Crippen LogP contribution in [-0.2, 0) is 0 Å². The summed E-state index contributed by atoms with van der Waals surface area (Å²) in [5.74, 6) is 1.49. The predicted molar refractivity (Wildman–Crippen MR) is 86.0 cm³/mol. The van der Waals surface area contributed by atoms with Crippen molar-refractivity contribution >= 4 is 5.91 Å². The van der Waals surface area contributed by atoms with Crippen LogP contribution in [0.3, 0.4) is 0 Å². The Balaban J connectivity index is 1.82. The number of H-pyrrole nitrogens is 1. The van der Waals surface area contributed by atoms with Crippen molar-refractivity contribution in [2.75, 3.05) is 26.2 Å². The lowest BCUT2D eigenvalue weighted by atomic mass is 10.1. The summed E-state index contributed by atoms with van der Waals surface area (Å²) in [5.41, 5.74) is 1.29. The smallest absolute Gasteiger partial charge is 0.272 e. The lowest BCUT2D eigenvalue weighted by molar-refractivity contribution is 0.0474. The van der Waals surface area contributed by atoms with Crippen molar-refractivity contribution in [3.8, 4) is 0 Å². The van der Waals surface area contributed by atoms with E-state index >= 15 is 0 Å². The highest BCUT2D eigenvalue weighted by Crippen LogP contribution is 2.23. The predicted octanol–water partition coefficient (Wildman–Crippen LogP) is 1.34. The fourth-order valence-electron chi connectivity index (χ4n) is 3.09. The van der Waals surface area contributed by atoms with Crippen molar-refractivity contribution in [1.82, 2.24) is 29.7 Å². The highest BCUT2D eigenvalue weighted by atomic mass is 16.2. The van der Waals surface area contributed by atoms with Gasteiger partial charge in [-0.2, -0.15) is 0 Å². The number of amides is 1. The van der Waals surface area contributed by atoms with E-state index in [9.17, 15) is 4.79 Å². The number of piperazine rings is 1. The minimum atomic E-state index is -0.0362. The van der Waals surface area contributed by atoms with Crippen LogP contribution in [0.5, 0.6) is 0 Å². The second kappa shape index (κ2) is 6.45. The molecule has 2 aromatic heterocycles. The zero-order chi connectivity index (χ0) is 16.4. The molecule has 1 aliphatic heterocycles. The Kier molecular flexibility index (Phi) is 4.38. The first-order chi connectivity index (χ1) is 11.1. The molecule has 3 rings (SSSR count). The third kappa shape index (κ3) is 3.24. The number of hydrogen-bond acceptors (Lipinski definition) is 5. The second-order valence-corrected chi connectivity index (χ2v) is 5.81. The highest BCUT2D eigenvalue weighted by Gasteiger charge is 2.32. The number of rotatable bonds is 3. The molecule has 0 radical (unpaired) electrons. The molecule has 3 heterocycles. The molecule has 1 fully saturated rings. The summed E-state index contributed by atoms with van der Waals surface area (Å²) >= 11 is 0. The zero-order valence-electron chi connectivity index (χ0n) is 13.8. The molecule has 1 N–H and O–H groups in total. The van der Waals surface area contributed by atoms with Crippen molar-refractivity contribution in [3.05, 3.63) is 41.5 Å². The van der Waals surface area contributed by atoms with E-state index in [1.54, 1.807) is 12.3 Å². The number of likely N-dealkylation sites (N-methyl/N-ethyl adjacent to an activating group) is 1. The average Bonchev–Trinajstić information content (AvgIpc) is 3.07. The normalized spacial score (nSPS) is 19.1. The molecule has 7 nitrogen and oxygen atoms in total. The average molecular weight is 314 g/mol. The minimum Gasteiger partial charge on any atom is -0.347 e. The van der Waals surface area contributed by atoms with Crippen molar-refractivity contribution in [3.63, 3.8) is 0 Å². The fourth-order valence-corrected chi connectivity index (χ4v) is 3.09. The first-order valence-corrected chi connectivity index (χ1v) is 7.93. The molecule has 1 atom stereocenters. The third-order valence-electron chi connectivity index (χ3n) is 4.20. The molecule has 1 saturated heterocycles. The van der Waals surface area contributed by atoms with Gasteiger partial charge in [0.25, 0.3) is 5.91 Å². The highest BCUT2D eigenvalue weighted by molar-refractivity contribution is 5.92. The number of aromatic nitrogens is 4. The van der Waals surface area contributed by atoms with Crippen LogP contribution in [0.15, 0.2) is 18.5 Å². The second-order valence-electron chi connectivity index (χ2n) is 5.81. The van der Waals surface area contributed by atoms with E-state index in [1.165, 1.54) is 0 Å². The maximum atomic E-state index is 12.8. The van der Waals surface area contributed by atoms with Gasteiger partial charge >= 0.3 is 0 Å². The third-order valence-corrected chi connectivity index (χ3v) is 4.20. The molecular weight excluding hydrogens is 292 g/mol. The number of aromatic amines is 1. The maximum absolute atomic E-state index is 12.8. The Morgan fingerprint density at radius 1 is 1.35 bits per heavy atom. The van der Waals surface area contributed by atoms with Crippen LogP contribution in [0, 0.1) is 13.8 Å². The van der Waals surface area contributed by atoms with Gasteiger partial charge in [-0.1, -0.05) is 6.92 Å². The molecule has 0 aromatic carbocycles. The molecule has 1 aliphatic rings. The molecular formula is C16H22N6O. The summed E-state index contributed by atoms with van der Waals surface area (Å²) in [7, 11) is 0. The van der Waals surface area contributed by atoms with E-state index in [4.69, 9.17) is 0 Å². The van der Waals surface area contributed by atoms with Crippen molar-refractivity contribution < 1.29 is 4.79 Å². The van der Waals surface area contributed by atoms with Crippen LogP contribution in [0.25, 0.3) is 0 Å². The van der Waals surface area contributed by atoms with Crippen molar-refractivity contribution in [1.29, 1.82) is 0 Å². The van der Waals surface area contributed by atoms with Crippen LogP contribution < -0.4 is 0 Å². The number of aryl methyl sites for hydroxylation is 2. The van der Waals surface area contributed by atoms with Crippen LogP contribution in [0.4, 0.5) is 0 Å². The number of imidazole rings is 1. The summed E-state index contributed by atoms with van der Waals surface area (Å²) in [4.78, 5) is 33.1. The molecule has 0 spiro atoms. The Morgan fingerprint density at radius 2 is 2.17 bits per heavy atom. The van der Waals surface area contributed by atoms with E-state index in [-0.39, 0.29) is 11.9 Å². The summed E-state index contributed by atoms with van der Waals surface area (Å²) in [6, 6.07) is 1.85. The first kappa shape index (κ1) is 15.6. The van der Waals surface area contributed by atoms with Crippen LogP contribution >= 0.6 is 0 Å². The lowest BCUT2D eigenvalue weighted by Crippen LogP contribution is -2.50.